The van der Waals surface area contributed by atoms with E-state index in [-0.39, 0.29) is 5.83 Å². The van der Waals surface area contributed by atoms with Crippen LogP contribution in [0.4, 0.5) is 10.1 Å². The summed E-state index contributed by atoms with van der Waals surface area (Å²) in [5.74, 6) is -0.0470. The van der Waals surface area contributed by atoms with Crippen LogP contribution in [-0.4, -0.2) is 32.3 Å². The van der Waals surface area contributed by atoms with Crippen LogP contribution in [0.25, 0.3) is 5.57 Å². The number of fused-ring (bicyclic) bond motifs is 1. The molecule has 0 saturated heterocycles. The Kier molecular flexibility index (Phi) is 6.61. The van der Waals surface area contributed by atoms with E-state index >= 15 is 0 Å². The highest BCUT2D eigenvalue weighted by atomic mass is 19.1. The second-order valence-electron chi connectivity index (χ2n) is 6.54. The van der Waals surface area contributed by atoms with Gasteiger partial charge in [0.15, 0.2) is 0 Å². The van der Waals surface area contributed by atoms with Crippen molar-refractivity contribution < 1.29 is 18.7 Å². The van der Waals surface area contributed by atoms with Crippen molar-refractivity contribution in [2.24, 2.45) is 0 Å². The maximum absolute atomic E-state index is 14.5. The molecule has 0 amide bonds. The van der Waals surface area contributed by atoms with E-state index < -0.39 is 5.97 Å². The first-order chi connectivity index (χ1) is 12.3. The van der Waals surface area contributed by atoms with Gasteiger partial charge in [-0.25, -0.2) is 9.18 Å². The van der Waals surface area contributed by atoms with Gasteiger partial charge in [-0.15, -0.1) is 0 Å². The van der Waals surface area contributed by atoms with Gasteiger partial charge >= 0.3 is 5.97 Å². The number of hydrogen-bond acceptors (Lipinski definition) is 4. The van der Waals surface area contributed by atoms with Gasteiger partial charge in [0.2, 0.25) is 0 Å². The normalized spacial score (nSPS) is 15.7. The van der Waals surface area contributed by atoms with Gasteiger partial charge in [0.1, 0.15) is 18.2 Å². The molecule has 1 aromatic carbocycles. The van der Waals surface area contributed by atoms with E-state index in [4.69, 9.17) is 4.74 Å². The zero-order valence-electron chi connectivity index (χ0n) is 16.0. The number of anilines is 1. The summed E-state index contributed by atoms with van der Waals surface area (Å²) >= 11 is 0. The minimum absolute atomic E-state index is 0.362. The van der Waals surface area contributed by atoms with Gasteiger partial charge in [0, 0.05) is 12.1 Å². The van der Waals surface area contributed by atoms with Crippen LogP contribution < -0.4 is 9.64 Å². The van der Waals surface area contributed by atoms with Crippen LogP contribution in [0.1, 0.15) is 33.3 Å². The number of ether oxygens (including phenoxy) is 2. The molecule has 0 fully saturated rings. The number of halogens is 1. The number of hydrogen-bond donors (Lipinski definition) is 0. The van der Waals surface area contributed by atoms with E-state index in [1.165, 1.54) is 19.3 Å². The molecule has 2 rings (SSSR count). The Labute approximate surface area is 154 Å². The molecule has 0 atom stereocenters. The average Bonchev–Trinajstić information content (AvgIpc) is 2.64. The maximum atomic E-state index is 14.5. The number of esters is 1. The van der Waals surface area contributed by atoms with Crippen molar-refractivity contribution in [1.82, 2.24) is 0 Å². The fourth-order valence-corrected chi connectivity index (χ4v) is 2.77. The van der Waals surface area contributed by atoms with Crippen LogP contribution >= 0.6 is 0 Å². The molecule has 0 N–H and O–H groups in total. The summed E-state index contributed by atoms with van der Waals surface area (Å²) < 4.78 is 24.8. The summed E-state index contributed by atoms with van der Waals surface area (Å²) in [5, 5.41) is 0. The zero-order valence-corrected chi connectivity index (χ0v) is 16.0. The van der Waals surface area contributed by atoms with Crippen molar-refractivity contribution in [3.8, 4) is 5.75 Å². The number of rotatable bonds is 5. The van der Waals surface area contributed by atoms with Crippen molar-refractivity contribution in [1.29, 1.82) is 0 Å². The van der Waals surface area contributed by atoms with Crippen molar-refractivity contribution >= 4 is 17.2 Å². The zero-order chi connectivity index (χ0) is 19.3. The molecule has 0 radical (unpaired) electrons. The Morgan fingerprint density at radius 1 is 1.31 bits per heavy atom. The number of methoxy groups -OCH3 is 1. The first-order valence-corrected chi connectivity index (χ1v) is 8.68. The van der Waals surface area contributed by atoms with E-state index in [0.717, 1.165) is 23.5 Å². The Morgan fingerprint density at radius 2 is 2.04 bits per heavy atom. The third kappa shape index (κ3) is 4.75. The number of benzene rings is 1. The van der Waals surface area contributed by atoms with Crippen molar-refractivity contribution in [3.05, 3.63) is 53.4 Å². The average molecular weight is 359 g/mol. The molecule has 0 unspecified atom stereocenters. The summed E-state index contributed by atoms with van der Waals surface area (Å²) in [6.07, 6.45) is 4.21. The highest BCUT2D eigenvalue weighted by molar-refractivity contribution is 5.83. The first-order valence-electron chi connectivity index (χ1n) is 8.68. The molecule has 0 aromatic heterocycles. The number of carbonyl (C=O) groups is 1. The van der Waals surface area contributed by atoms with E-state index in [9.17, 15) is 9.18 Å². The molecule has 1 aliphatic heterocycles. The predicted octanol–water partition coefficient (Wildman–Crippen LogP) is 4.67. The quantitative estimate of drug-likeness (QED) is 0.435. The fourth-order valence-electron chi connectivity index (χ4n) is 2.77. The highest BCUT2D eigenvalue weighted by Gasteiger charge is 2.20. The minimum atomic E-state index is -0.463. The summed E-state index contributed by atoms with van der Waals surface area (Å²) in [6, 6.07) is 6.14. The largest absolute Gasteiger partial charge is 0.490 e. The molecule has 0 aliphatic carbocycles. The van der Waals surface area contributed by atoms with Crippen LogP contribution in [-0.2, 0) is 9.53 Å². The topological polar surface area (TPSA) is 38.8 Å². The van der Waals surface area contributed by atoms with Crippen LogP contribution in [0.5, 0.6) is 5.75 Å². The van der Waals surface area contributed by atoms with Crippen LogP contribution in [0.3, 0.4) is 0 Å². The van der Waals surface area contributed by atoms with Crippen molar-refractivity contribution in [2.75, 3.05) is 25.2 Å². The number of allylic oxidation sites excluding steroid dienone is 5. The molecule has 0 bridgehead atoms. The predicted molar refractivity (Wildman–Crippen MR) is 103 cm³/mol. The van der Waals surface area contributed by atoms with Gasteiger partial charge in [0.25, 0.3) is 0 Å². The summed E-state index contributed by atoms with van der Waals surface area (Å²) in [5.41, 5.74) is 2.93. The molecule has 0 saturated carbocycles. The van der Waals surface area contributed by atoms with E-state index in [1.54, 1.807) is 19.9 Å². The molecule has 1 aliphatic rings. The molecule has 1 heterocycles. The lowest BCUT2D eigenvalue weighted by Gasteiger charge is -2.34. The van der Waals surface area contributed by atoms with Crippen LogP contribution in [0, 0.1) is 0 Å². The van der Waals surface area contributed by atoms with Gasteiger partial charge in [0.05, 0.1) is 19.3 Å². The summed E-state index contributed by atoms with van der Waals surface area (Å²) in [4.78, 5) is 13.5. The summed E-state index contributed by atoms with van der Waals surface area (Å²) in [6.45, 7) is 9.19. The molecule has 4 nitrogen and oxygen atoms in total. The molecule has 0 spiro atoms. The number of nitrogens with zero attached hydrogens (tertiary/aromatic N) is 1. The van der Waals surface area contributed by atoms with Gasteiger partial charge in [-0.1, -0.05) is 12.1 Å². The van der Waals surface area contributed by atoms with E-state index in [2.05, 4.69) is 23.5 Å². The molecular formula is C21H26FNO3. The van der Waals surface area contributed by atoms with Crippen molar-refractivity contribution in [2.45, 2.75) is 33.7 Å². The lowest BCUT2D eigenvalue weighted by atomic mass is 10.0. The Balaban J connectivity index is 2.26. The lowest BCUT2D eigenvalue weighted by Crippen LogP contribution is -2.37. The standard InChI is InChI=1S/C21H26FNO3/c1-14(2)23-10-11-26-20-13-17(7-9-19(20)23)16(4)18(22)8-6-15(3)12-21(24)25-5/h6-9,12-14H,10-11H2,1-5H3/b8-6+,15-12+,18-16+. The third-order valence-electron chi connectivity index (χ3n) is 4.31. The highest BCUT2D eigenvalue weighted by Crippen LogP contribution is 2.36. The second kappa shape index (κ2) is 8.70. The minimum Gasteiger partial charge on any atom is -0.490 e. The van der Waals surface area contributed by atoms with Gasteiger partial charge in [-0.2, -0.15) is 0 Å². The number of carbonyl (C=O) groups excluding carboxylic acids is 1. The summed E-state index contributed by atoms with van der Waals surface area (Å²) in [7, 11) is 1.30. The SMILES string of the molecule is COC(=O)/C=C(C)/C=C/C(F)=C(/C)c1ccc2c(c1)OCCN2C(C)C. The molecular weight excluding hydrogens is 333 g/mol. The maximum Gasteiger partial charge on any atom is 0.330 e. The van der Waals surface area contributed by atoms with Gasteiger partial charge in [-0.05, 0) is 62.6 Å². The van der Waals surface area contributed by atoms with Crippen LogP contribution in [0.2, 0.25) is 0 Å². The lowest BCUT2D eigenvalue weighted by molar-refractivity contribution is -0.134. The first kappa shape index (κ1) is 19.8. The molecule has 140 valence electrons. The smallest absolute Gasteiger partial charge is 0.330 e. The molecule has 5 heteroatoms. The molecule has 26 heavy (non-hydrogen) atoms. The van der Waals surface area contributed by atoms with E-state index in [1.807, 2.05) is 18.2 Å². The third-order valence-corrected chi connectivity index (χ3v) is 4.31. The Hall–Kier alpha value is -2.56. The van der Waals surface area contributed by atoms with Crippen molar-refractivity contribution in [3.63, 3.8) is 0 Å². The van der Waals surface area contributed by atoms with Crippen LogP contribution in [0.15, 0.2) is 47.8 Å². The van der Waals surface area contributed by atoms with E-state index in [0.29, 0.717) is 23.8 Å². The monoisotopic (exact) mass is 359 g/mol. The second-order valence-corrected chi connectivity index (χ2v) is 6.54. The fraction of sp³-hybridized carbons (Fsp3) is 0.381. The van der Waals surface area contributed by atoms with Gasteiger partial charge < -0.3 is 14.4 Å². The Bertz CT molecular complexity index is 763. The van der Waals surface area contributed by atoms with Gasteiger partial charge in [-0.3, -0.25) is 0 Å². The molecule has 1 aromatic rings. The Morgan fingerprint density at radius 3 is 2.69 bits per heavy atom.